The smallest absolute Gasteiger partial charge is 0.171 e. The number of benzene rings is 1. The Balaban J connectivity index is 2.14. The minimum Gasteiger partial charge on any atom is -0.497 e. The van der Waals surface area contributed by atoms with E-state index in [4.69, 9.17) is 16.3 Å². The summed E-state index contributed by atoms with van der Waals surface area (Å²) >= 11 is 6.01. The molecule has 112 valence electrons. The van der Waals surface area contributed by atoms with E-state index in [9.17, 15) is 0 Å². The van der Waals surface area contributed by atoms with Gasteiger partial charge < -0.3 is 15.0 Å². The first-order valence-corrected chi connectivity index (χ1v) is 7.00. The van der Waals surface area contributed by atoms with Gasteiger partial charge >= 0.3 is 0 Å². The number of nitrogens with zero attached hydrogens (tertiary/aromatic N) is 3. The van der Waals surface area contributed by atoms with Gasteiger partial charge in [-0.25, -0.2) is 9.97 Å². The number of methoxy groups -OCH3 is 1. The molecular formula is C15H19ClN4O. The SMILES string of the molecule is COc1cccc(C(CNc2nccnc2Cl)N(C)C)c1. The standard InChI is InChI=1S/C15H19ClN4O/c1-20(2)13(11-5-4-6-12(9-11)21-3)10-19-15-14(16)17-7-8-18-15/h4-9,13H,10H2,1-3H3,(H,18,19). The van der Waals surface area contributed by atoms with E-state index in [0.717, 1.165) is 11.3 Å². The van der Waals surface area contributed by atoms with Gasteiger partial charge in [0.15, 0.2) is 11.0 Å². The zero-order valence-electron chi connectivity index (χ0n) is 12.4. The highest BCUT2D eigenvalue weighted by molar-refractivity contribution is 6.31. The molecule has 1 aromatic heterocycles. The molecule has 0 fully saturated rings. The third-order valence-corrected chi connectivity index (χ3v) is 3.49. The van der Waals surface area contributed by atoms with Crippen LogP contribution in [0.5, 0.6) is 5.75 Å². The second kappa shape index (κ2) is 7.24. The van der Waals surface area contributed by atoms with Gasteiger partial charge in [0.2, 0.25) is 0 Å². The molecule has 0 amide bonds. The maximum atomic E-state index is 6.01. The van der Waals surface area contributed by atoms with Crippen molar-refractivity contribution in [2.75, 3.05) is 33.1 Å². The number of ether oxygens (including phenoxy) is 1. The minimum absolute atomic E-state index is 0.165. The van der Waals surface area contributed by atoms with Gasteiger partial charge in [-0.3, -0.25) is 0 Å². The lowest BCUT2D eigenvalue weighted by atomic mass is 10.1. The van der Waals surface area contributed by atoms with Crippen molar-refractivity contribution in [3.05, 3.63) is 47.4 Å². The fourth-order valence-corrected chi connectivity index (χ4v) is 2.25. The van der Waals surface area contributed by atoms with Gasteiger partial charge in [-0.15, -0.1) is 0 Å². The van der Waals surface area contributed by atoms with Crippen molar-refractivity contribution in [2.45, 2.75) is 6.04 Å². The molecule has 0 saturated carbocycles. The van der Waals surface area contributed by atoms with E-state index in [1.807, 2.05) is 32.3 Å². The molecule has 21 heavy (non-hydrogen) atoms. The summed E-state index contributed by atoms with van der Waals surface area (Å²) in [7, 11) is 5.73. The van der Waals surface area contributed by atoms with Crippen LogP contribution in [0.15, 0.2) is 36.7 Å². The van der Waals surface area contributed by atoms with E-state index in [0.29, 0.717) is 17.5 Å². The Morgan fingerprint density at radius 3 is 2.71 bits per heavy atom. The van der Waals surface area contributed by atoms with Crippen molar-refractivity contribution in [3.63, 3.8) is 0 Å². The molecule has 0 radical (unpaired) electrons. The summed E-state index contributed by atoms with van der Waals surface area (Å²) in [6, 6.07) is 8.19. The maximum absolute atomic E-state index is 6.01. The Morgan fingerprint density at radius 1 is 1.29 bits per heavy atom. The van der Waals surface area contributed by atoms with Gasteiger partial charge in [0.25, 0.3) is 0 Å². The third kappa shape index (κ3) is 4.06. The second-order valence-corrected chi connectivity index (χ2v) is 5.19. The summed E-state index contributed by atoms with van der Waals surface area (Å²) in [4.78, 5) is 10.3. The van der Waals surface area contributed by atoms with E-state index < -0.39 is 0 Å². The average molecular weight is 307 g/mol. The lowest BCUT2D eigenvalue weighted by Gasteiger charge is -2.25. The zero-order chi connectivity index (χ0) is 15.2. The second-order valence-electron chi connectivity index (χ2n) is 4.83. The van der Waals surface area contributed by atoms with Crippen LogP contribution >= 0.6 is 11.6 Å². The van der Waals surface area contributed by atoms with Crippen LogP contribution < -0.4 is 10.1 Å². The van der Waals surface area contributed by atoms with Gasteiger partial charge in [0.1, 0.15) is 5.75 Å². The summed E-state index contributed by atoms with van der Waals surface area (Å²) in [5, 5.41) is 3.62. The quantitative estimate of drug-likeness (QED) is 0.889. The Hall–Kier alpha value is -1.85. The molecule has 0 aliphatic rings. The van der Waals surface area contributed by atoms with Crippen molar-refractivity contribution < 1.29 is 4.74 Å². The van der Waals surface area contributed by atoms with Crippen LogP contribution in [0.4, 0.5) is 5.82 Å². The van der Waals surface area contributed by atoms with Crippen molar-refractivity contribution >= 4 is 17.4 Å². The molecule has 1 heterocycles. The van der Waals surface area contributed by atoms with Crippen LogP contribution in [0, 0.1) is 0 Å². The lowest BCUT2D eigenvalue weighted by Crippen LogP contribution is -2.27. The Labute approximate surface area is 129 Å². The molecule has 1 N–H and O–H groups in total. The van der Waals surface area contributed by atoms with Gasteiger partial charge in [-0.2, -0.15) is 0 Å². The average Bonchev–Trinajstić information content (AvgIpc) is 2.49. The van der Waals surface area contributed by atoms with E-state index in [2.05, 4.69) is 26.3 Å². The summed E-state index contributed by atoms with van der Waals surface area (Å²) in [6.45, 7) is 0.665. The number of halogens is 1. The molecule has 5 nitrogen and oxygen atoms in total. The molecule has 6 heteroatoms. The van der Waals surface area contributed by atoms with Crippen molar-refractivity contribution in [2.24, 2.45) is 0 Å². The molecule has 1 atom stereocenters. The molecule has 2 aromatic rings. The first-order valence-electron chi connectivity index (χ1n) is 6.62. The fraction of sp³-hybridized carbons (Fsp3) is 0.333. The van der Waals surface area contributed by atoms with Crippen LogP contribution in [-0.2, 0) is 0 Å². The minimum atomic E-state index is 0.165. The van der Waals surface area contributed by atoms with E-state index in [1.165, 1.54) is 0 Å². The number of nitrogens with one attached hydrogen (secondary N) is 1. The van der Waals surface area contributed by atoms with Crippen molar-refractivity contribution in [1.82, 2.24) is 14.9 Å². The van der Waals surface area contributed by atoms with Gasteiger partial charge in [-0.1, -0.05) is 23.7 Å². The lowest BCUT2D eigenvalue weighted by molar-refractivity contribution is 0.310. The molecule has 0 spiro atoms. The molecule has 0 aliphatic heterocycles. The Kier molecular flexibility index (Phi) is 5.36. The van der Waals surface area contributed by atoms with E-state index >= 15 is 0 Å². The predicted molar refractivity (Wildman–Crippen MR) is 85.0 cm³/mol. The summed E-state index contributed by atoms with van der Waals surface area (Å²) in [5.74, 6) is 1.44. The summed E-state index contributed by atoms with van der Waals surface area (Å²) < 4.78 is 5.28. The highest BCUT2D eigenvalue weighted by atomic mass is 35.5. The first kappa shape index (κ1) is 15.5. The van der Waals surface area contributed by atoms with Crippen LogP contribution in [-0.4, -0.2) is 42.6 Å². The number of rotatable bonds is 6. The molecular weight excluding hydrogens is 288 g/mol. The topological polar surface area (TPSA) is 50.3 Å². The van der Waals surface area contributed by atoms with Crippen molar-refractivity contribution in [3.8, 4) is 5.75 Å². The Bertz CT molecular complexity index is 591. The normalized spacial score (nSPS) is 12.2. The van der Waals surface area contributed by atoms with E-state index in [1.54, 1.807) is 19.5 Å². The van der Waals surface area contributed by atoms with Gasteiger partial charge in [0, 0.05) is 18.9 Å². The fourth-order valence-electron chi connectivity index (χ4n) is 2.08. The largest absolute Gasteiger partial charge is 0.497 e. The van der Waals surface area contributed by atoms with Crippen LogP contribution in [0.1, 0.15) is 11.6 Å². The number of hydrogen-bond acceptors (Lipinski definition) is 5. The van der Waals surface area contributed by atoms with Crippen LogP contribution in [0.2, 0.25) is 5.15 Å². The molecule has 1 aromatic carbocycles. The molecule has 2 rings (SSSR count). The monoisotopic (exact) mass is 306 g/mol. The van der Waals surface area contributed by atoms with Crippen LogP contribution in [0.3, 0.4) is 0 Å². The number of likely N-dealkylation sites (N-methyl/N-ethyl adjacent to an activating group) is 1. The van der Waals surface area contributed by atoms with Gasteiger partial charge in [0.05, 0.1) is 13.2 Å². The number of anilines is 1. The third-order valence-electron chi connectivity index (χ3n) is 3.22. The van der Waals surface area contributed by atoms with E-state index in [-0.39, 0.29) is 6.04 Å². The number of aromatic nitrogens is 2. The molecule has 0 saturated heterocycles. The zero-order valence-corrected chi connectivity index (χ0v) is 13.1. The predicted octanol–water partition coefficient (Wildman–Crippen LogP) is 2.85. The maximum Gasteiger partial charge on any atom is 0.171 e. The highest BCUT2D eigenvalue weighted by Crippen LogP contribution is 2.24. The molecule has 1 unspecified atom stereocenters. The Morgan fingerprint density at radius 2 is 2.05 bits per heavy atom. The highest BCUT2D eigenvalue weighted by Gasteiger charge is 2.15. The summed E-state index contributed by atoms with van der Waals surface area (Å²) in [6.07, 6.45) is 3.18. The van der Waals surface area contributed by atoms with Crippen LogP contribution in [0.25, 0.3) is 0 Å². The van der Waals surface area contributed by atoms with Crippen molar-refractivity contribution in [1.29, 1.82) is 0 Å². The molecule has 0 aliphatic carbocycles. The number of hydrogen-bond donors (Lipinski definition) is 1. The molecule has 0 bridgehead atoms. The first-order chi connectivity index (χ1) is 10.1. The van der Waals surface area contributed by atoms with Gasteiger partial charge in [-0.05, 0) is 31.8 Å². The summed E-state index contributed by atoms with van der Waals surface area (Å²) in [5.41, 5.74) is 1.16.